The molecule has 0 radical (unpaired) electrons. The molecule has 0 fully saturated rings. The predicted molar refractivity (Wildman–Crippen MR) is 125 cm³/mol. The zero-order chi connectivity index (χ0) is 20.3. The van der Waals surface area contributed by atoms with Gasteiger partial charge in [0.25, 0.3) is 5.91 Å². The van der Waals surface area contributed by atoms with Crippen molar-refractivity contribution in [1.29, 1.82) is 0 Å². The molecule has 0 spiro atoms. The van der Waals surface area contributed by atoms with E-state index < -0.39 is 0 Å². The Morgan fingerprint density at radius 2 is 1.82 bits per heavy atom. The van der Waals surface area contributed by atoms with Crippen LogP contribution in [0.4, 0.5) is 0 Å². The number of halogens is 1. The number of carbonyl (C=O) groups excluding carboxylic acids is 1. The number of methoxy groups -OCH3 is 2. The van der Waals surface area contributed by atoms with Gasteiger partial charge in [-0.1, -0.05) is 26.8 Å². The average molecular weight is 506 g/mol. The van der Waals surface area contributed by atoms with E-state index in [1.165, 1.54) is 0 Å². The topological polar surface area (TPSA) is 84.0 Å². The second-order valence-electron chi connectivity index (χ2n) is 7.22. The van der Waals surface area contributed by atoms with E-state index in [2.05, 4.69) is 41.7 Å². The molecule has 0 aliphatic rings. The molecule has 7 nitrogen and oxygen atoms in total. The summed E-state index contributed by atoms with van der Waals surface area (Å²) < 4.78 is 10.7. The van der Waals surface area contributed by atoms with Gasteiger partial charge in [0.1, 0.15) is 5.75 Å². The van der Waals surface area contributed by atoms with Gasteiger partial charge in [-0.3, -0.25) is 9.79 Å². The fourth-order valence-corrected chi connectivity index (χ4v) is 2.44. The second kappa shape index (κ2) is 13.6. The molecule has 1 aromatic carbocycles. The van der Waals surface area contributed by atoms with Crippen molar-refractivity contribution in [1.82, 2.24) is 16.0 Å². The third-order valence-corrected chi connectivity index (χ3v) is 4.04. The number of carbonyl (C=O) groups is 1. The molecule has 0 bridgehead atoms. The number of nitrogens with one attached hydrogen (secondary N) is 3. The lowest BCUT2D eigenvalue weighted by atomic mass is 9.89. The normalized spacial score (nSPS) is 12.6. The average Bonchev–Trinajstić information content (AvgIpc) is 2.64. The zero-order valence-electron chi connectivity index (χ0n) is 17.8. The van der Waals surface area contributed by atoms with Crippen molar-refractivity contribution < 1.29 is 14.3 Å². The van der Waals surface area contributed by atoms with Crippen LogP contribution in [0.3, 0.4) is 0 Å². The van der Waals surface area contributed by atoms with Gasteiger partial charge in [0, 0.05) is 32.3 Å². The van der Waals surface area contributed by atoms with E-state index >= 15 is 0 Å². The van der Waals surface area contributed by atoms with E-state index in [0.29, 0.717) is 36.9 Å². The van der Waals surface area contributed by atoms with Crippen molar-refractivity contribution in [3.8, 4) is 5.75 Å². The van der Waals surface area contributed by atoms with Crippen LogP contribution in [-0.2, 0) is 4.74 Å². The summed E-state index contributed by atoms with van der Waals surface area (Å²) in [4.78, 5) is 16.8. The van der Waals surface area contributed by atoms with E-state index in [1.807, 2.05) is 13.0 Å². The van der Waals surface area contributed by atoms with Crippen LogP contribution in [0.15, 0.2) is 29.3 Å². The second-order valence-corrected chi connectivity index (χ2v) is 7.22. The minimum atomic E-state index is -0.134. The van der Waals surface area contributed by atoms with Gasteiger partial charge in [0.05, 0.1) is 19.8 Å². The molecule has 0 saturated heterocycles. The van der Waals surface area contributed by atoms with Gasteiger partial charge >= 0.3 is 0 Å². The van der Waals surface area contributed by atoms with Crippen molar-refractivity contribution in [3.63, 3.8) is 0 Å². The van der Waals surface area contributed by atoms with Crippen LogP contribution in [0.5, 0.6) is 5.75 Å². The molecule has 1 unspecified atom stereocenters. The summed E-state index contributed by atoms with van der Waals surface area (Å²) in [5.41, 5.74) is 0.586. The Morgan fingerprint density at radius 3 is 2.39 bits per heavy atom. The van der Waals surface area contributed by atoms with Gasteiger partial charge < -0.3 is 25.4 Å². The van der Waals surface area contributed by atoms with Crippen molar-refractivity contribution in [2.75, 3.05) is 40.4 Å². The van der Waals surface area contributed by atoms with Crippen LogP contribution in [0.2, 0.25) is 0 Å². The smallest absolute Gasteiger partial charge is 0.251 e. The maximum atomic E-state index is 12.2. The molecule has 0 aliphatic heterocycles. The van der Waals surface area contributed by atoms with Crippen LogP contribution in [0, 0.1) is 5.41 Å². The molecule has 1 atom stereocenters. The number of guanidine groups is 1. The molecule has 1 amide bonds. The molecule has 0 aliphatic carbocycles. The summed E-state index contributed by atoms with van der Waals surface area (Å²) in [6, 6.07) is 7.08. The first kappa shape index (κ1) is 26.4. The molecule has 3 N–H and O–H groups in total. The SMILES string of the molecule is CCNC(=NCC(OC)C(C)(C)C)NCCNC(=O)c1cccc(OC)c1.I. The van der Waals surface area contributed by atoms with E-state index in [-0.39, 0.29) is 41.4 Å². The summed E-state index contributed by atoms with van der Waals surface area (Å²) in [5, 5.41) is 9.31. The van der Waals surface area contributed by atoms with E-state index in [0.717, 1.165) is 6.54 Å². The van der Waals surface area contributed by atoms with E-state index in [4.69, 9.17) is 9.47 Å². The maximum absolute atomic E-state index is 12.2. The zero-order valence-corrected chi connectivity index (χ0v) is 20.1. The van der Waals surface area contributed by atoms with Crippen LogP contribution in [0.25, 0.3) is 0 Å². The summed E-state index contributed by atoms with van der Waals surface area (Å²) in [7, 11) is 3.29. The van der Waals surface area contributed by atoms with Crippen LogP contribution >= 0.6 is 24.0 Å². The highest BCUT2D eigenvalue weighted by molar-refractivity contribution is 14.0. The Labute approximate surface area is 186 Å². The van der Waals surface area contributed by atoms with Crippen molar-refractivity contribution >= 4 is 35.8 Å². The highest BCUT2D eigenvalue weighted by Crippen LogP contribution is 2.21. The molecule has 28 heavy (non-hydrogen) atoms. The first-order valence-corrected chi connectivity index (χ1v) is 9.29. The van der Waals surface area contributed by atoms with Crippen molar-refractivity contribution in [2.45, 2.75) is 33.8 Å². The number of hydrogen-bond donors (Lipinski definition) is 3. The molecule has 0 heterocycles. The molecule has 160 valence electrons. The Hall–Kier alpha value is -1.55. The lowest BCUT2D eigenvalue weighted by Gasteiger charge is -2.28. The monoisotopic (exact) mass is 506 g/mol. The number of amides is 1. The van der Waals surface area contributed by atoms with Gasteiger partial charge in [-0.2, -0.15) is 0 Å². The fraction of sp³-hybridized carbons (Fsp3) is 0.600. The standard InChI is InChI=1S/C20H34N4O3.HI/c1-7-21-19(24-14-17(27-6)20(2,3)4)23-12-11-22-18(25)15-9-8-10-16(13-15)26-5;/h8-10,13,17H,7,11-12,14H2,1-6H3,(H,22,25)(H2,21,23,24);1H. The summed E-state index contributed by atoms with van der Waals surface area (Å²) in [6.45, 7) is 10.8. The number of rotatable bonds is 9. The largest absolute Gasteiger partial charge is 0.497 e. The number of aliphatic imine (C=N–C) groups is 1. The Bertz CT molecular complexity index is 618. The molecule has 8 heteroatoms. The number of ether oxygens (including phenoxy) is 2. The fourth-order valence-electron chi connectivity index (χ4n) is 2.44. The van der Waals surface area contributed by atoms with Crippen LogP contribution < -0.4 is 20.7 Å². The Morgan fingerprint density at radius 1 is 1.14 bits per heavy atom. The lowest BCUT2D eigenvalue weighted by Crippen LogP contribution is -2.42. The Kier molecular flexibility index (Phi) is 12.8. The minimum absolute atomic E-state index is 0. The summed E-state index contributed by atoms with van der Waals surface area (Å²) in [6.07, 6.45) is 0.0284. The minimum Gasteiger partial charge on any atom is -0.497 e. The van der Waals surface area contributed by atoms with Gasteiger partial charge in [0.2, 0.25) is 0 Å². The summed E-state index contributed by atoms with van der Waals surface area (Å²) >= 11 is 0. The molecule has 0 aromatic heterocycles. The quantitative estimate of drug-likeness (QED) is 0.208. The lowest BCUT2D eigenvalue weighted by molar-refractivity contribution is 0.0241. The Balaban J connectivity index is 0.00000729. The molecule has 1 aromatic rings. The van der Waals surface area contributed by atoms with Crippen LogP contribution in [0.1, 0.15) is 38.1 Å². The molecular formula is C20H35IN4O3. The first-order chi connectivity index (χ1) is 12.8. The van der Waals surface area contributed by atoms with Gasteiger partial charge in [-0.25, -0.2) is 0 Å². The van der Waals surface area contributed by atoms with Crippen molar-refractivity contribution in [3.05, 3.63) is 29.8 Å². The van der Waals surface area contributed by atoms with Gasteiger partial charge in [-0.05, 0) is 30.5 Å². The summed E-state index contributed by atoms with van der Waals surface area (Å²) in [5.74, 6) is 1.23. The van der Waals surface area contributed by atoms with Crippen LogP contribution in [-0.4, -0.2) is 58.4 Å². The number of benzene rings is 1. The van der Waals surface area contributed by atoms with E-state index in [9.17, 15) is 4.79 Å². The van der Waals surface area contributed by atoms with Crippen molar-refractivity contribution in [2.24, 2.45) is 10.4 Å². The van der Waals surface area contributed by atoms with Gasteiger partial charge in [-0.15, -0.1) is 24.0 Å². The van der Waals surface area contributed by atoms with E-state index in [1.54, 1.807) is 32.4 Å². The van der Waals surface area contributed by atoms with Gasteiger partial charge in [0.15, 0.2) is 5.96 Å². The highest BCUT2D eigenvalue weighted by atomic mass is 127. The first-order valence-electron chi connectivity index (χ1n) is 9.29. The number of hydrogen-bond acceptors (Lipinski definition) is 4. The number of nitrogens with zero attached hydrogens (tertiary/aromatic N) is 1. The third-order valence-electron chi connectivity index (χ3n) is 4.04. The molecule has 1 rings (SSSR count). The molecule has 0 saturated carbocycles. The maximum Gasteiger partial charge on any atom is 0.251 e. The predicted octanol–water partition coefficient (Wildman–Crippen LogP) is 2.66. The highest BCUT2D eigenvalue weighted by Gasteiger charge is 2.24. The molecular weight excluding hydrogens is 471 g/mol. The third kappa shape index (κ3) is 9.59.